The van der Waals surface area contributed by atoms with Crippen molar-refractivity contribution in [1.82, 2.24) is 14.8 Å². The predicted octanol–water partition coefficient (Wildman–Crippen LogP) is 3.94. The summed E-state index contributed by atoms with van der Waals surface area (Å²) in [5.41, 5.74) is 2.30. The zero-order valence-corrected chi connectivity index (χ0v) is 20.5. The molecule has 1 atom stereocenters. The number of hydrogen-bond donors (Lipinski definition) is 2. The Labute approximate surface area is 189 Å². The van der Waals surface area contributed by atoms with Crippen molar-refractivity contribution in [3.63, 3.8) is 0 Å². The molecule has 1 unspecified atom stereocenters. The number of hydrogen-bond acceptors (Lipinski definition) is 6. The van der Waals surface area contributed by atoms with Crippen LogP contribution in [0.5, 0.6) is 0 Å². The Morgan fingerprint density at radius 2 is 2.10 bits per heavy atom. The van der Waals surface area contributed by atoms with Crippen LogP contribution in [0.4, 0.5) is 11.4 Å². The van der Waals surface area contributed by atoms with Gasteiger partial charge in [-0.1, -0.05) is 19.6 Å². The molecule has 170 valence electrons. The van der Waals surface area contributed by atoms with Gasteiger partial charge in [-0.05, 0) is 37.6 Å². The van der Waals surface area contributed by atoms with Gasteiger partial charge in [0.2, 0.25) is 5.91 Å². The average Bonchev–Trinajstić information content (AvgIpc) is 3.04. The van der Waals surface area contributed by atoms with Crippen molar-refractivity contribution in [3.8, 4) is 11.4 Å². The lowest BCUT2D eigenvalue weighted by atomic mass is 10.1. The van der Waals surface area contributed by atoms with Crippen LogP contribution in [0, 0.1) is 6.92 Å². The van der Waals surface area contributed by atoms with Crippen LogP contribution in [-0.4, -0.2) is 60.5 Å². The summed E-state index contributed by atoms with van der Waals surface area (Å²) in [7, 11) is -1.15. The fourth-order valence-electron chi connectivity index (χ4n) is 3.08. The maximum Gasteiger partial charge on any atom is 0.239 e. The van der Waals surface area contributed by atoms with E-state index in [2.05, 4.69) is 40.5 Å². The van der Waals surface area contributed by atoms with Crippen molar-refractivity contribution in [3.05, 3.63) is 24.0 Å². The zero-order chi connectivity index (χ0) is 22.4. The molecule has 1 fully saturated rings. The molecule has 1 aromatic heterocycles. The molecule has 2 N–H and O–H groups in total. The van der Waals surface area contributed by atoms with Crippen molar-refractivity contribution >= 4 is 37.0 Å². The Balaban J connectivity index is 1.78. The first kappa shape index (κ1) is 23.7. The fourth-order valence-corrected chi connectivity index (χ4v) is 3.90. The van der Waals surface area contributed by atoms with Gasteiger partial charge in [-0.15, -0.1) is 21.8 Å². The van der Waals surface area contributed by atoms with Gasteiger partial charge in [0, 0.05) is 33.4 Å². The first-order valence-electron chi connectivity index (χ1n) is 10.6. The Hall–Kier alpha value is -1.94. The highest BCUT2D eigenvalue weighted by atomic mass is 35.5. The first-order valence-corrected chi connectivity index (χ1v) is 14.8. The number of benzene rings is 1. The van der Waals surface area contributed by atoms with Crippen molar-refractivity contribution in [2.45, 2.75) is 51.9 Å². The standard InChI is InChI=1S/C21H32ClN5O3Si/c1-15-25-26-21(27(15)14-29-9-10-31(2,3)4)16-5-6-18(23-13-17-7-8-30-17)19(11-16)24-20(28)12-22/h5-6,11,17,23H,7-10,12-14H2,1-4H3,(H,24,28). The number of carbonyl (C=O) groups is 1. The van der Waals surface area contributed by atoms with Crippen LogP contribution in [0.3, 0.4) is 0 Å². The van der Waals surface area contributed by atoms with Gasteiger partial charge in [0.15, 0.2) is 5.82 Å². The molecule has 1 aliphatic heterocycles. The number of rotatable bonds is 11. The monoisotopic (exact) mass is 465 g/mol. The predicted molar refractivity (Wildman–Crippen MR) is 126 cm³/mol. The molecular weight excluding hydrogens is 434 g/mol. The molecule has 1 amide bonds. The number of nitrogens with zero attached hydrogens (tertiary/aromatic N) is 3. The van der Waals surface area contributed by atoms with Gasteiger partial charge < -0.3 is 20.1 Å². The first-order chi connectivity index (χ1) is 14.8. The number of halogens is 1. The lowest BCUT2D eigenvalue weighted by molar-refractivity contribution is -0.113. The Morgan fingerprint density at radius 3 is 2.74 bits per heavy atom. The lowest BCUT2D eigenvalue weighted by Gasteiger charge is -2.27. The van der Waals surface area contributed by atoms with Gasteiger partial charge in [0.05, 0.1) is 17.5 Å². The summed E-state index contributed by atoms with van der Waals surface area (Å²) in [6, 6.07) is 6.88. The minimum Gasteiger partial charge on any atom is -0.381 e. The summed E-state index contributed by atoms with van der Waals surface area (Å²) in [6.07, 6.45) is 1.24. The quantitative estimate of drug-likeness (QED) is 0.296. The van der Waals surface area contributed by atoms with E-state index in [4.69, 9.17) is 21.1 Å². The minimum absolute atomic E-state index is 0.115. The topological polar surface area (TPSA) is 90.3 Å². The van der Waals surface area contributed by atoms with Crippen LogP contribution in [0.15, 0.2) is 18.2 Å². The number of carbonyl (C=O) groups excluding carboxylic acids is 1. The third-order valence-electron chi connectivity index (χ3n) is 5.14. The molecule has 3 rings (SSSR count). The summed E-state index contributed by atoms with van der Waals surface area (Å²) in [5.74, 6) is 1.09. The molecule has 0 saturated carbocycles. The molecule has 1 saturated heterocycles. The summed E-state index contributed by atoms with van der Waals surface area (Å²) >= 11 is 5.71. The van der Waals surface area contributed by atoms with E-state index in [1.807, 2.05) is 29.7 Å². The van der Waals surface area contributed by atoms with Crippen LogP contribution in [-0.2, 0) is 21.0 Å². The number of nitrogens with one attached hydrogen (secondary N) is 2. The van der Waals surface area contributed by atoms with E-state index in [0.29, 0.717) is 24.8 Å². The molecule has 0 spiro atoms. The Bertz CT molecular complexity index is 896. The van der Waals surface area contributed by atoms with Crippen LogP contribution < -0.4 is 10.6 Å². The summed E-state index contributed by atoms with van der Waals surface area (Å²) in [6.45, 7) is 11.5. The zero-order valence-electron chi connectivity index (χ0n) is 18.7. The molecule has 1 aromatic carbocycles. The molecule has 2 aromatic rings. The van der Waals surface area contributed by atoms with E-state index >= 15 is 0 Å². The van der Waals surface area contributed by atoms with E-state index in [-0.39, 0.29) is 17.9 Å². The maximum atomic E-state index is 12.0. The molecule has 8 nitrogen and oxygen atoms in total. The normalized spacial score (nSPS) is 16.1. The lowest BCUT2D eigenvalue weighted by Crippen LogP contribution is -2.33. The SMILES string of the molecule is Cc1nnc(-c2ccc(NCC3CCO3)c(NC(=O)CCl)c2)n1COCC[Si](C)(C)C. The van der Waals surface area contributed by atoms with Crippen molar-refractivity contribution in [2.75, 3.05) is 36.3 Å². The molecular formula is C21H32ClN5O3Si. The van der Waals surface area contributed by atoms with Crippen molar-refractivity contribution in [2.24, 2.45) is 0 Å². The highest BCUT2D eigenvalue weighted by Gasteiger charge is 2.19. The fraction of sp³-hybridized carbons (Fsp3) is 0.571. The molecule has 2 heterocycles. The average molecular weight is 466 g/mol. The van der Waals surface area contributed by atoms with E-state index in [9.17, 15) is 4.79 Å². The van der Waals surface area contributed by atoms with Crippen molar-refractivity contribution in [1.29, 1.82) is 0 Å². The summed E-state index contributed by atoms with van der Waals surface area (Å²) in [4.78, 5) is 12.0. The van der Waals surface area contributed by atoms with Gasteiger partial charge in [0.1, 0.15) is 18.4 Å². The summed E-state index contributed by atoms with van der Waals surface area (Å²) < 4.78 is 13.3. The number of anilines is 2. The van der Waals surface area contributed by atoms with E-state index in [1.165, 1.54) is 0 Å². The third kappa shape index (κ3) is 6.77. The maximum absolute atomic E-state index is 12.0. The van der Waals surface area contributed by atoms with Gasteiger partial charge in [-0.25, -0.2) is 0 Å². The Kier molecular flexibility index (Phi) is 8.10. The minimum atomic E-state index is -1.15. The second kappa shape index (κ2) is 10.6. The molecule has 0 bridgehead atoms. The number of aryl methyl sites for hydroxylation is 1. The molecule has 1 aliphatic rings. The van der Waals surface area contributed by atoms with Crippen molar-refractivity contribution < 1.29 is 14.3 Å². The largest absolute Gasteiger partial charge is 0.381 e. The smallest absolute Gasteiger partial charge is 0.239 e. The van der Waals surface area contributed by atoms with Crippen LogP contribution in [0.2, 0.25) is 25.7 Å². The number of alkyl halides is 1. The van der Waals surface area contributed by atoms with E-state index in [1.54, 1.807) is 0 Å². The number of amides is 1. The van der Waals surface area contributed by atoms with Crippen LogP contribution in [0.25, 0.3) is 11.4 Å². The Morgan fingerprint density at radius 1 is 1.32 bits per heavy atom. The summed E-state index contributed by atoms with van der Waals surface area (Å²) in [5, 5.41) is 14.8. The number of aromatic nitrogens is 3. The van der Waals surface area contributed by atoms with E-state index in [0.717, 1.165) is 42.8 Å². The third-order valence-corrected chi connectivity index (χ3v) is 7.09. The highest BCUT2D eigenvalue weighted by Crippen LogP contribution is 2.29. The number of ether oxygens (including phenoxy) is 2. The highest BCUT2D eigenvalue weighted by molar-refractivity contribution is 6.76. The molecule has 0 radical (unpaired) electrons. The van der Waals surface area contributed by atoms with Crippen LogP contribution >= 0.6 is 11.6 Å². The van der Waals surface area contributed by atoms with Gasteiger partial charge in [0.25, 0.3) is 0 Å². The van der Waals surface area contributed by atoms with Gasteiger partial charge >= 0.3 is 0 Å². The van der Waals surface area contributed by atoms with E-state index < -0.39 is 8.07 Å². The van der Waals surface area contributed by atoms with Gasteiger partial charge in [-0.3, -0.25) is 9.36 Å². The molecule has 31 heavy (non-hydrogen) atoms. The van der Waals surface area contributed by atoms with Crippen LogP contribution in [0.1, 0.15) is 12.2 Å². The molecule has 0 aliphatic carbocycles. The second-order valence-electron chi connectivity index (χ2n) is 8.95. The molecule has 10 heteroatoms. The van der Waals surface area contributed by atoms with Gasteiger partial charge in [-0.2, -0.15) is 0 Å². The second-order valence-corrected chi connectivity index (χ2v) is 14.8.